The van der Waals surface area contributed by atoms with Gasteiger partial charge in [0.15, 0.2) is 5.96 Å². The zero-order valence-electron chi connectivity index (χ0n) is 15.5. The van der Waals surface area contributed by atoms with E-state index in [4.69, 9.17) is 4.74 Å². The summed E-state index contributed by atoms with van der Waals surface area (Å²) in [5.41, 5.74) is -0.119. The quantitative estimate of drug-likeness (QED) is 0.637. The normalized spacial score (nSPS) is 19.1. The van der Waals surface area contributed by atoms with Gasteiger partial charge >= 0.3 is 6.18 Å². The van der Waals surface area contributed by atoms with Gasteiger partial charge in [-0.2, -0.15) is 13.2 Å². The van der Waals surface area contributed by atoms with Crippen LogP contribution in [-0.2, 0) is 10.9 Å². The fourth-order valence-electron chi connectivity index (χ4n) is 2.81. The molecule has 1 unspecified atom stereocenters. The number of halogens is 3. The number of aliphatic imine (C=N–C) groups is 1. The van der Waals surface area contributed by atoms with E-state index in [-0.39, 0.29) is 0 Å². The highest BCUT2D eigenvalue weighted by Crippen LogP contribution is 2.32. The molecule has 1 fully saturated rings. The van der Waals surface area contributed by atoms with Gasteiger partial charge in [-0.15, -0.1) is 0 Å². The molecule has 146 valence electrons. The Morgan fingerprint density at radius 2 is 2.19 bits per heavy atom. The lowest BCUT2D eigenvalue weighted by molar-refractivity contribution is -0.137. The largest absolute Gasteiger partial charge is 0.416 e. The molecule has 5 nitrogen and oxygen atoms in total. The van der Waals surface area contributed by atoms with E-state index in [0.717, 1.165) is 31.7 Å². The average Bonchev–Trinajstić information content (AvgIpc) is 2.64. The molecule has 0 bridgehead atoms. The SMILES string of the molecule is CCN(C)CCNC(=NC)N1CCOC(c2cccc(C(F)(F)F)c2)C1. The van der Waals surface area contributed by atoms with Crippen LogP contribution >= 0.6 is 0 Å². The Morgan fingerprint density at radius 1 is 1.42 bits per heavy atom. The molecule has 0 saturated carbocycles. The van der Waals surface area contributed by atoms with Crippen LogP contribution in [0.3, 0.4) is 0 Å². The predicted octanol–water partition coefficient (Wildman–Crippen LogP) is 2.61. The van der Waals surface area contributed by atoms with Crippen molar-refractivity contribution in [1.29, 1.82) is 0 Å². The third-order valence-electron chi connectivity index (χ3n) is 4.48. The summed E-state index contributed by atoms with van der Waals surface area (Å²) in [5, 5.41) is 3.31. The van der Waals surface area contributed by atoms with E-state index in [2.05, 4.69) is 22.1 Å². The first-order valence-corrected chi connectivity index (χ1v) is 8.78. The van der Waals surface area contributed by atoms with Crippen molar-refractivity contribution >= 4 is 5.96 Å². The standard InChI is InChI=1S/C18H27F3N4O/c1-4-24(3)9-8-23-17(22-2)25-10-11-26-16(13-25)14-6-5-7-15(12-14)18(19,20)21/h5-7,12,16H,4,8-11,13H2,1-3H3,(H,22,23). The number of likely N-dealkylation sites (N-methyl/N-ethyl adjacent to an activating group) is 1. The van der Waals surface area contributed by atoms with E-state index in [1.54, 1.807) is 13.1 Å². The smallest absolute Gasteiger partial charge is 0.370 e. The summed E-state index contributed by atoms with van der Waals surface area (Å²) >= 11 is 0. The molecule has 8 heteroatoms. The summed E-state index contributed by atoms with van der Waals surface area (Å²) in [6, 6.07) is 5.35. The fraction of sp³-hybridized carbons (Fsp3) is 0.611. The zero-order chi connectivity index (χ0) is 19.2. The minimum atomic E-state index is -4.35. The lowest BCUT2D eigenvalue weighted by Gasteiger charge is -2.35. The molecule has 1 aromatic rings. The molecule has 1 aromatic carbocycles. The van der Waals surface area contributed by atoms with Crippen molar-refractivity contribution in [2.24, 2.45) is 4.99 Å². The molecular formula is C18H27F3N4O. The molecule has 0 radical (unpaired) electrons. The molecule has 2 rings (SSSR count). The van der Waals surface area contributed by atoms with Crippen LogP contribution in [0.25, 0.3) is 0 Å². The molecule has 0 amide bonds. The van der Waals surface area contributed by atoms with Crippen molar-refractivity contribution < 1.29 is 17.9 Å². The number of alkyl halides is 3. The van der Waals surface area contributed by atoms with E-state index in [1.807, 2.05) is 11.9 Å². The Kier molecular flexibility index (Phi) is 7.28. The van der Waals surface area contributed by atoms with Crippen molar-refractivity contribution in [2.45, 2.75) is 19.2 Å². The molecule has 1 atom stereocenters. The lowest BCUT2D eigenvalue weighted by atomic mass is 10.0. The number of nitrogens with zero attached hydrogens (tertiary/aromatic N) is 3. The maximum Gasteiger partial charge on any atom is 0.416 e. The number of guanidine groups is 1. The highest BCUT2D eigenvalue weighted by molar-refractivity contribution is 5.80. The molecule has 1 N–H and O–H groups in total. The molecule has 26 heavy (non-hydrogen) atoms. The van der Waals surface area contributed by atoms with Gasteiger partial charge in [0, 0.05) is 26.7 Å². The van der Waals surface area contributed by atoms with Crippen LogP contribution in [0, 0.1) is 0 Å². The maximum absolute atomic E-state index is 12.9. The average molecular weight is 372 g/mol. The Morgan fingerprint density at radius 3 is 2.85 bits per heavy atom. The van der Waals surface area contributed by atoms with Gasteiger partial charge in [0.1, 0.15) is 6.10 Å². The zero-order valence-corrected chi connectivity index (χ0v) is 15.5. The van der Waals surface area contributed by atoms with E-state index in [9.17, 15) is 13.2 Å². The minimum Gasteiger partial charge on any atom is -0.370 e. The number of rotatable bonds is 5. The number of ether oxygens (including phenoxy) is 1. The number of benzene rings is 1. The highest BCUT2D eigenvalue weighted by atomic mass is 19.4. The number of nitrogens with one attached hydrogen (secondary N) is 1. The van der Waals surface area contributed by atoms with Gasteiger partial charge in [0.05, 0.1) is 18.7 Å². The number of morpholine rings is 1. The fourth-order valence-corrected chi connectivity index (χ4v) is 2.81. The Bertz CT molecular complexity index is 606. The summed E-state index contributed by atoms with van der Waals surface area (Å²) in [6.45, 7) is 6.26. The van der Waals surface area contributed by atoms with Crippen molar-refractivity contribution in [3.8, 4) is 0 Å². The summed E-state index contributed by atoms with van der Waals surface area (Å²) in [6.07, 6.45) is -4.77. The van der Waals surface area contributed by atoms with Gasteiger partial charge in [-0.1, -0.05) is 19.1 Å². The van der Waals surface area contributed by atoms with Gasteiger partial charge in [-0.25, -0.2) is 0 Å². The number of hydrogen-bond acceptors (Lipinski definition) is 3. The first-order valence-electron chi connectivity index (χ1n) is 8.78. The van der Waals surface area contributed by atoms with Gasteiger partial charge in [0.25, 0.3) is 0 Å². The Hall–Kier alpha value is -1.80. The van der Waals surface area contributed by atoms with E-state index < -0.39 is 17.8 Å². The van der Waals surface area contributed by atoms with Crippen LogP contribution in [-0.4, -0.2) is 69.2 Å². The van der Waals surface area contributed by atoms with Crippen LogP contribution in [0.15, 0.2) is 29.3 Å². The van der Waals surface area contributed by atoms with Crippen molar-refractivity contribution in [3.63, 3.8) is 0 Å². The molecule has 0 aromatic heterocycles. The van der Waals surface area contributed by atoms with Gasteiger partial charge in [-0.05, 0) is 31.3 Å². The van der Waals surface area contributed by atoms with Gasteiger partial charge in [-0.3, -0.25) is 4.99 Å². The molecule has 0 aliphatic carbocycles. The maximum atomic E-state index is 12.9. The molecule has 1 heterocycles. The minimum absolute atomic E-state index is 0.414. The summed E-state index contributed by atoms with van der Waals surface area (Å²) in [5.74, 6) is 0.745. The van der Waals surface area contributed by atoms with E-state index in [0.29, 0.717) is 25.3 Å². The third kappa shape index (κ3) is 5.60. The Labute approximate surface area is 152 Å². The van der Waals surface area contributed by atoms with Crippen LogP contribution in [0.5, 0.6) is 0 Å². The van der Waals surface area contributed by atoms with Crippen LogP contribution in [0.1, 0.15) is 24.2 Å². The second-order valence-corrected chi connectivity index (χ2v) is 6.30. The van der Waals surface area contributed by atoms with E-state index in [1.165, 1.54) is 12.1 Å². The lowest BCUT2D eigenvalue weighted by Crippen LogP contribution is -2.49. The summed E-state index contributed by atoms with van der Waals surface area (Å²) < 4.78 is 44.5. The highest BCUT2D eigenvalue weighted by Gasteiger charge is 2.32. The molecule has 1 aliphatic heterocycles. The molecule has 1 saturated heterocycles. The van der Waals surface area contributed by atoms with E-state index >= 15 is 0 Å². The van der Waals surface area contributed by atoms with Crippen LogP contribution < -0.4 is 5.32 Å². The number of hydrogen-bond donors (Lipinski definition) is 1. The van der Waals surface area contributed by atoms with Crippen molar-refractivity contribution in [1.82, 2.24) is 15.1 Å². The molecule has 1 aliphatic rings. The second kappa shape index (κ2) is 9.23. The second-order valence-electron chi connectivity index (χ2n) is 6.30. The molecular weight excluding hydrogens is 345 g/mol. The van der Waals surface area contributed by atoms with Crippen LogP contribution in [0.4, 0.5) is 13.2 Å². The van der Waals surface area contributed by atoms with Gasteiger partial charge in [0.2, 0.25) is 0 Å². The third-order valence-corrected chi connectivity index (χ3v) is 4.48. The summed E-state index contributed by atoms with van der Waals surface area (Å²) in [4.78, 5) is 8.51. The molecule has 0 spiro atoms. The van der Waals surface area contributed by atoms with Crippen molar-refractivity contribution in [3.05, 3.63) is 35.4 Å². The monoisotopic (exact) mass is 372 g/mol. The van der Waals surface area contributed by atoms with Crippen LogP contribution in [0.2, 0.25) is 0 Å². The van der Waals surface area contributed by atoms with Crippen molar-refractivity contribution in [2.75, 3.05) is 53.4 Å². The Balaban J connectivity index is 2.02. The topological polar surface area (TPSA) is 40.1 Å². The first kappa shape index (κ1) is 20.5. The summed E-state index contributed by atoms with van der Waals surface area (Å²) in [7, 11) is 3.75. The predicted molar refractivity (Wildman–Crippen MR) is 96.2 cm³/mol. The first-order chi connectivity index (χ1) is 12.3. The van der Waals surface area contributed by atoms with Gasteiger partial charge < -0.3 is 19.9 Å².